The molecule has 1 aromatic carbocycles. The second kappa shape index (κ2) is 5.01. The molecule has 0 unspecified atom stereocenters. The van der Waals surface area contributed by atoms with Gasteiger partial charge >= 0.3 is 5.97 Å². The molecule has 0 bridgehead atoms. The fraction of sp³-hybridized carbons (Fsp3) is 0.182. The van der Waals surface area contributed by atoms with Crippen LogP contribution < -0.4 is 0 Å². The summed E-state index contributed by atoms with van der Waals surface area (Å²) in [6, 6.07) is 4.24. The topological polar surface area (TPSA) is 52.1 Å². The molecule has 0 aliphatic carbocycles. The van der Waals surface area contributed by atoms with E-state index in [1.165, 1.54) is 18.3 Å². The number of carbonyl (C=O) groups excluding carboxylic acids is 1. The highest BCUT2D eigenvalue weighted by molar-refractivity contribution is 7.05. The average Bonchev–Trinajstić information content (AvgIpc) is 2.82. The van der Waals surface area contributed by atoms with Gasteiger partial charge in [0.15, 0.2) is 0 Å². The molecule has 0 saturated heterocycles. The van der Waals surface area contributed by atoms with Gasteiger partial charge in [-0.3, -0.25) is 0 Å². The summed E-state index contributed by atoms with van der Waals surface area (Å²) < 4.78 is 21.9. The van der Waals surface area contributed by atoms with E-state index >= 15 is 0 Å². The number of rotatable bonds is 3. The number of hydrogen-bond acceptors (Lipinski definition) is 5. The van der Waals surface area contributed by atoms with Gasteiger partial charge in [0.1, 0.15) is 12.4 Å². The van der Waals surface area contributed by atoms with Crippen LogP contribution in [0.15, 0.2) is 24.4 Å². The number of aromatic nitrogens is 2. The highest BCUT2D eigenvalue weighted by Gasteiger charge is 2.10. The van der Waals surface area contributed by atoms with E-state index in [9.17, 15) is 9.18 Å². The zero-order valence-electron chi connectivity index (χ0n) is 9.01. The van der Waals surface area contributed by atoms with Crippen LogP contribution in [0.25, 0.3) is 0 Å². The van der Waals surface area contributed by atoms with Gasteiger partial charge in [0.2, 0.25) is 0 Å². The maximum atomic E-state index is 13.2. The van der Waals surface area contributed by atoms with Crippen molar-refractivity contribution in [2.45, 2.75) is 13.5 Å². The minimum atomic E-state index is -0.558. The highest BCUT2D eigenvalue weighted by atomic mass is 32.1. The summed E-state index contributed by atoms with van der Waals surface area (Å²) in [7, 11) is 0. The number of ether oxygens (including phenoxy) is 1. The van der Waals surface area contributed by atoms with Crippen molar-refractivity contribution in [3.63, 3.8) is 0 Å². The summed E-state index contributed by atoms with van der Waals surface area (Å²) in [6.07, 6.45) is 1.52. The minimum absolute atomic E-state index is 0.103. The molecule has 17 heavy (non-hydrogen) atoms. The molecule has 0 aliphatic heterocycles. The van der Waals surface area contributed by atoms with E-state index in [1.807, 2.05) is 0 Å². The lowest BCUT2D eigenvalue weighted by molar-refractivity contribution is 0.0476. The van der Waals surface area contributed by atoms with Gasteiger partial charge in [-0.2, -0.15) is 0 Å². The number of nitrogens with zero attached hydrogens (tertiary/aromatic N) is 2. The molecule has 0 radical (unpaired) electrons. The quantitative estimate of drug-likeness (QED) is 0.787. The van der Waals surface area contributed by atoms with E-state index in [0.717, 1.165) is 16.4 Å². The van der Waals surface area contributed by atoms with Gasteiger partial charge in [-0.25, -0.2) is 9.18 Å². The molecule has 0 amide bonds. The molecule has 0 saturated carbocycles. The molecule has 88 valence electrons. The third kappa shape index (κ3) is 2.85. The van der Waals surface area contributed by atoms with Gasteiger partial charge in [0.05, 0.1) is 16.6 Å². The van der Waals surface area contributed by atoms with Crippen molar-refractivity contribution in [1.82, 2.24) is 9.59 Å². The van der Waals surface area contributed by atoms with Crippen molar-refractivity contribution < 1.29 is 13.9 Å². The zero-order chi connectivity index (χ0) is 12.3. The van der Waals surface area contributed by atoms with Crippen LogP contribution in [0.1, 0.15) is 20.8 Å². The standard InChI is InChI=1S/C11H9FN2O2S/c1-7-2-3-8(4-10(7)12)11(15)16-6-9-5-13-14-17-9/h2-5H,6H2,1H3. The Morgan fingerprint density at radius 2 is 2.35 bits per heavy atom. The summed E-state index contributed by atoms with van der Waals surface area (Å²) in [6.45, 7) is 1.74. The zero-order valence-corrected chi connectivity index (χ0v) is 9.83. The number of carbonyl (C=O) groups is 1. The summed E-state index contributed by atoms with van der Waals surface area (Å²) in [4.78, 5) is 12.3. The van der Waals surface area contributed by atoms with E-state index in [1.54, 1.807) is 13.0 Å². The van der Waals surface area contributed by atoms with Crippen molar-refractivity contribution in [2.24, 2.45) is 0 Å². The molecular weight excluding hydrogens is 243 g/mol. The lowest BCUT2D eigenvalue weighted by Crippen LogP contribution is -2.05. The second-order valence-electron chi connectivity index (χ2n) is 3.42. The van der Waals surface area contributed by atoms with Crippen LogP contribution in [0.3, 0.4) is 0 Å². The Balaban J connectivity index is 2.02. The third-order valence-electron chi connectivity index (χ3n) is 2.16. The lowest BCUT2D eigenvalue weighted by Gasteiger charge is -2.03. The number of esters is 1. The first-order valence-electron chi connectivity index (χ1n) is 4.86. The van der Waals surface area contributed by atoms with Gasteiger partial charge in [-0.15, -0.1) is 5.10 Å². The number of halogens is 1. The Labute approximate surface area is 101 Å². The maximum Gasteiger partial charge on any atom is 0.338 e. The van der Waals surface area contributed by atoms with Crippen molar-refractivity contribution in [1.29, 1.82) is 0 Å². The molecule has 6 heteroatoms. The molecule has 0 atom stereocenters. The first-order chi connectivity index (χ1) is 8.16. The van der Waals surface area contributed by atoms with Crippen LogP contribution in [0, 0.1) is 12.7 Å². The molecule has 2 aromatic rings. The van der Waals surface area contributed by atoms with Crippen LogP contribution in [0.4, 0.5) is 4.39 Å². The Morgan fingerprint density at radius 1 is 1.53 bits per heavy atom. The van der Waals surface area contributed by atoms with Crippen LogP contribution in [0.2, 0.25) is 0 Å². The number of benzene rings is 1. The van der Waals surface area contributed by atoms with E-state index in [2.05, 4.69) is 9.59 Å². The van der Waals surface area contributed by atoms with Gasteiger partial charge < -0.3 is 4.74 Å². The first-order valence-corrected chi connectivity index (χ1v) is 5.63. The highest BCUT2D eigenvalue weighted by Crippen LogP contribution is 2.12. The maximum absolute atomic E-state index is 13.2. The largest absolute Gasteiger partial charge is 0.456 e. The molecule has 0 spiro atoms. The molecule has 0 fully saturated rings. The van der Waals surface area contributed by atoms with Gasteiger partial charge in [-0.05, 0) is 36.2 Å². The predicted molar refractivity (Wildman–Crippen MR) is 60.2 cm³/mol. The van der Waals surface area contributed by atoms with E-state index in [0.29, 0.717) is 5.56 Å². The molecule has 4 nitrogen and oxygen atoms in total. The first kappa shape index (κ1) is 11.7. The monoisotopic (exact) mass is 252 g/mol. The molecule has 1 heterocycles. The van der Waals surface area contributed by atoms with Crippen molar-refractivity contribution in [3.05, 3.63) is 46.2 Å². The Morgan fingerprint density at radius 3 is 3.00 bits per heavy atom. The van der Waals surface area contributed by atoms with Crippen molar-refractivity contribution in [3.8, 4) is 0 Å². The molecule has 0 N–H and O–H groups in total. The Hall–Kier alpha value is -1.82. The fourth-order valence-corrected chi connectivity index (χ4v) is 1.60. The van der Waals surface area contributed by atoms with Crippen LogP contribution >= 0.6 is 11.5 Å². The summed E-state index contributed by atoms with van der Waals surface area (Å²) >= 11 is 1.15. The van der Waals surface area contributed by atoms with E-state index < -0.39 is 11.8 Å². The summed E-state index contributed by atoms with van der Waals surface area (Å²) in [5.41, 5.74) is 0.693. The lowest BCUT2D eigenvalue weighted by atomic mass is 10.1. The number of hydrogen-bond donors (Lipinski definition) is 0. The SMILES string of the molecule is Cc1ccc(C(=O)OCc2cnns2)cc1F. The normalized spacial score (nSPS) is 10.2. The van der Waals surface area contributed by atoms with Gasteiger partial charge in [0, 0.05) is 0 Å². The van der Waals surface area contributed by atoms with E-state index in [-0.39, 0.29) is 12.2 Å². The minimum Gasteiger partial charge on any atom is -0.456 e. The van der Waals surface area contributed by atoms with E-state index in [4.69, 9.17) is 4.74 Å². The molecule has 2 rings (SSSR count). The predicted octanol–water partition coefficient (Wildman–Crippen LogP) is 2.34. The Kier molecular flexibility index (Phi) is 3.43. The van der Waals surface area contributed by atoms with Crippen molar-refractivity contribution >= 4 is 17.5 Å². The van der Waals surface area contributed by atoms with Crippen LogP contribution in [0.5, 0.6) is 0 Å². The smallest absolute Gasteiger partial charge is 0.338 e. The molecular formula is C11H9FN2O2S. The molecule has 1 aromatic heterocycles. The summed E-state index contributed by atoms with van der Waals surface area (Å²) in [5.74, 6) is -0.976. The number of aryl methyl sites for hydroxylation is 1. The fourth-order valence-electron chi connectivity index (χ4n) is 1.19. The summed E-state index contributed by atoms with van der Waals surface area (Å²) in [5, 5.41) is 3.62. The molecule has 0 aliphatic rings. The van der Waals surface area contributed by atoms with Gasteiger partial charge in [0.25, 0.3) is 0 Å². The van der Waals surface area contributed by atoms with Crippen LogP contribution in [-0.4, -0.2) is 15.6 Å². The second-order valence-corrected chi connectivity index (χ2v) is 4.29. The Bertz CT molecular complexity index is 528. The van der Waals surface area contributed by atoms with Gasteiger partial charge in [-0.1, -0.05) is 10.6 Å². The van der Waals surface area contributed by atoms with Crippen LogP contribution in [-0.2, 0) is 11.3 Å². The average molecular weight is 252 g/mol. The third-order valence-corrected chi connectivity index (χ3v) is 2.79. The van der Waals surface area contributed by atoms with Crippen molar-refractivity contribution in [2.75, 3.05) is 0 Å².